The normalized spacial score (nSPS) is 44.1. The molecule has 168 valence electrons. The van der Waals surface area contributed by atoms with Gasteiger partial charge in [-0.3, -0.25) is 4.79 Å². The number of carbonyl (C=O) groups is 2. The van der Waals surface area contributed by atoms with E-state index in [-0.39, 0.29) is 28.9 Å². The maximum Gasteiger partial charge on any atom is 0.334 e. The maximum atomic E-state index is 13.2. The van der Waals surface area contributed by atoms with Gasteiger partial charge < -0.3 is 9.64 Å². The van der Waals surface area contributed by atoms with Gasteiger partial charge in [0.15, 0.2) is 11.8 Å². The van der Waals surface area contributed by atoms with E-state index < -0.39 is 0 Å². The molecule has 5 rings (SSSR count). The third-order valence-corrected chi connectivity index (χ3v) is 10.6. The van der Waals surface area contributed by atoms with Gasteiger partial charge in [-0.05, 0) is 115 Å². The van der Waals surface area contributed by atoms with Crippen molar-refractivity contribution in [2.24, 2.45) is 28.6 Å². The number of halogens is 1. The van der Waals surface area contributed by atoms with Crippen LogP contribution in [0.5, 0.6) is 0 Å². The quantitative estimate of drug-likeness (QED) is 0.343. The summed E-state index contributed by atoms with van der Waals surface area (Å²) >= 11 is 2.26. The van der Waals surface area contributed by atoms with E-state index in [1.807, 2.05) is 36.4 Å². The van der Waals surface area contributed by atoms with Crippen molar-refractivity contribution in [3.63, 3.8) is 0 Å². The minimum Gasteiger partial charge on any atom is -0.460 e. The first-order chi connectivity index (χ1) is 14.7. The van der Waals surface area contributed by atoms with Crippen LogP contribution in [0.1, 0.15) is 65.2 Å². The second-order valence-corrected chi connectivity index (χ2v) is 12.2. The number of rotatable bonds is 2. The van der Waals surface area contributed by atoms with Crippen LogP contribution in [0.25, 0.3) is 0 Å². The first-order valence-corrected chi connectivity index (χ1v) is 13.0. The molecule has 0 aromatic rings. The van der Waals surface area contributed by atoms with Crippen LogP contribution in [0.4, 0.5) is 0 Å². The number of allylic oxidation sites excluding steroid dienone is 3. The van der Waals surface area contributed by atoms with Crippen molar-refractivity contribution >= 4 is 34.3 Å². The van der Waals surface area contributed by atoms with Gasteiger partial charge in [0.05, 0.1) is 0 Å². The molecule has 1 unspecified atom stereocenters. The highest BCUT2D eigenvalue weighted by Gasteiger charge is 2.60. The van der Waals surface area contributed by atoms with Crippen molar-refractivity contribution in [3.05, 3.63) is 33.6 Å². The van der Waals surface area contributed by atoms with Crippen LogP contribution in [0, 0.1) is 28.6 Å². The van der Waals surface area contributed by atoms with Crippen LogP contribution < -0.4 is 0 Å². The van der Waals surface area contributed by atoms with Gasteiger partial charge in [-0.15, -0.1) is 0 Å². The number of likely N-dealkylation sites (N-methyl/N-ethyl adjacent to an activating group) is 1. The average molecular weight is 535 g/mol. The highest BCUT2D eigenvalue weighted by Crippen LogP contribution is 2.65. The van der Waals surface area contributed by atoms with E-state index in [1.54, 1.807) is 0 Å². The standard InChI is InChI=1S/C26H34INO3/c1-25-12-10-17(29)15-16(25)6-7-18-19-8-9-22(26(19,2)13-11-20(18)25)31-24(30)23-21(27)5-4-14-28(23)3/h4-5,14-15,18-20,22-23H,6-13H2,1-3H3/t18-,19-,20-,22-,23?,25-,26-/m0/s1. The van der Waals surface area contributed by atoms with E-state index in [1.165, 1.54) is 18.4 Å². The number of nitrogens with zero attached hydrogens (tertiary/aromatic N) is 1. The molecule has 1 aliphatic heterocycles. The molecular formula is C26H34INO3. The number of fused-ring (bicyclic) bond motifs is 5. The Bertz CT molecular complexity index is 891. The predicted molar refractivity (Wildman–Crippen MR) is 129 cm³/mol. The van der Waals surface area contributed by atoms with Gasteiger partial charge in [-0.1, -0.05) is 19.4 Å². The summed E-state index contributed by atoms with van der Waals surface area (Å²) in [5, 5.41) is 0. The van der Waals surface area contributed by atoms with E-state index in [2.05, 4.69) is 36.4 Å². The number of hydrogen-bond donors (Lipinski definition) is 0. The molecule has 0 amide bonds. The lowest BCUT2D eigenvalue weighted by Crippen LogP contribution is -2.52. The minimum atomic E-state index is -0.314. The third kappa shape index (κ3) is 3.36. The first kappa shape index (κ1) is 21.7. The number of hydrogen-bond acceptors (Lipinski definition) is 4. The van der Waals surface area contributed by atoms with Crippen molar-refractivity contribution in [1.82, 2.24) is 4.90 Å². The zero-order chi connectivity index (χ0) is 22.0. The SMILES string of the molecule is CN1C=CC=C(I)C1C(=O)O[C@H]1CC[C@H]2[C@@H]3CCC4=CC(=O)CC[C@]4(C)[C@H]3CC[C@]12C. The van der Waals surface area contributed by atoms with Crippen LogP contribution in [0.2, 0.25) is 0 Å². The van der Waals surface area contributed by atoms with Gasteiger partial charge >= 0.3 is 5.97 Å². The average Bonchev–Trinajstić information content (AvgIpc) is 3.05. The molecule has 3 saturated carbocycles. The lowest BCUT2D eigenvalue weighted by molar-refractivity contribution is -0.163. The van der Waals surface area contributed by atoms with Crippen molar-refractivity contribution in [2.45, 2.75) is 77.4 Å². The first-order valence-electron chi connectivity index (χ1n) is 11.9. The van der Waals surface area contributed by atoms with Gasteiger partial charge in [0.25, 0.3) is 0 Å². The Balaban J connectivity index is 1.34. The number of ketones is 1. The molecule has 0 saturated heterocycles. The molecule has 0 N–H and O–H groups in total. The fourth-order valence-electron chi connectivity index (χ4n) is 7.83. The van der Waals surface area contributed by atoms with Gasteiger partial charge in [0.2, 0.25) is 0 Å². The van der Waals surface area contributed by atoms with Crippen LogP contribution in [0.15, 0.2) is 33.6 Å². The summed E-state index contributed by atoms with van der Waals surface area (Å²) in [4.78, 5) is 27.2. The Morgan fingerprint density at radius 1 is 1.13 bits per heavy atom. The summed E-state index contributed by atoms with van der Waals surface area (Å²) in [6, 6.07) is -0.314. The summed E-state index contributed by atoms with van der Waals surface area (Å²) in [6.45, 7) is 4.82. The smallest absolute Gasteiger partial charge is 0.334 e. The molecule has 0 radical (unpaired) electrons. The molecule has 0 bridgehead atoms. The summed E-state index contributed by atoms with van der Waals surface area (Å²) in [7, 11) is 1.95. The largest absolute Gasteiger partial charge is 0.460 e. The Kier molecular flexibility index (Phi) is 5.42. The number of ether oxygens (including phenoxy) is 1. The van der Waals surface area contributed by atoms with Crippen molar-refractivity contribution < 1.29 is 14.3 Å². The van der Waals surface area contributed by atoms with Gasteiger partial charge in [0.1, 0.15) is 6.10 Å². The summed E-state index contributed by atoms with van der Waals surface area (Å²) < 4.78 is 7.29. The predicted octanol–water partition coefficient (Wildman–Crippen LogP) is 5.58. The van der Waals surface area contributed by atoms with E-state index >= 15 is 0 Å². The second-order valence-electron chi connectivity index (χ2n) is 11.0. The Labute approximate surface area is 199 Å². The zero-order valence-electron chi connectivity index (χ0n) is 18.9. The molecule has 1 heterocycles. The van der Waals surface area contributed by atoms with E-state index in [0.717, 1.165) is 35.7 Å². The molecule has 3 fully saturated rings. The van der Waals surface area contributed by atoms with E-state index in [9.17, 15) is 9.59 Å². The van der Waals surface area contributed by atoms with Crippen LogP contribution >= 0.6 is 22.6 Å². The Morgan fingerprint density at radius 2 is 1.94 bits per heavy atom. The lowest BCUT2D eigenvalue weighted by Gasteiger charge is -2.57. The molecule has 0 aromatic heterocycles. The Hall–Kier alpha value is -1.11. The van der Waals surface area contributed by atoms with E-state index in [0.29, 0.717) is 30.0 Å². The second kappa shape index (κ2) is 7.74. The third-order valence-electron chi connectivity index (χ3n) is 9.60. The van der Waals surface area contributed by atoms with Crippen molar-refractivity contribution in [3.8, 4) is 0 Å². The molecule has 7 atom stereocenters. The zero-order valence-corrected chi connectivity index (χ0v) is 21.1. The fraction of sp³-hybridized carbons (Fsp3) is 0.692. The summed E-state index contributed by atoms with van der Waals surface area (Å²) in [6.07, 6.45) is 16.4. The molecule has 4 aliphatic carbocycles. The van der Waals surface area contributed by atoms with Gasteiger partial charge in [-0.2, -0.15) is 0 Å². The van der Waals surface area contributed by atoms with Gasteiger partial charge in [-0.25, -0.2) is 4.79 Å². The Morgan fingerprint density at radius 3 is 2.71 bits per heavy atom. The minimum absolute atomic E-state index is 0.0205. The molecule has 31 heavy (non-hydrogen) atoms. The number of esters is 1. The van der Waals surface area contributed by atoms with E-state index in [4.69, 9.17) is 4.74 Å². The van der Waals surface area contributed by atoms with Crippen molar-refractivity contribution in [1.29, 1.82) is 0 Å². The topological polar surface area (TPSA) is 46.6 Å². The molecule has 4 nitrogen and oxygen atoms in total. The van der Waals surface area contributed by atoms with Crippen molar-refractivity contribution in [2.75, 3.05) is 7.05 Å². The molecule has 0 spiro atoms. The molecule has 0 aromatic carbocycles. The number of carbonyl (C=O) groups excluding carboxylic acids is 2. The monoisotopic (exact) mass is 535 g/mol. The highest BCUT2D eigenvalue weighted by atomic mass is 127. The van der Waals surface area contributed by atoms with Crippen LogP contribution in [-0.2, 0) is 14.3 Å². The van der Waals surface area contributed by atoms with Crippen LogP contribution in [-0.4, -0.2) is 35.8 Å². The molecule has 5 heteroatoms. The highest BCUT2D eigenvalue weighted by molar-refractivity contribution is 14.1. The van der Waals surface area contributed by atoms with Gasteiger partial charge in [0, 0.05) is 22.5 Å². The fourth-order valence-corrected chi connectivity index (χ4v) is 8.73. The summed E-state index contributed by atoms with van der Waals surface area (Å²) in [5.41, 5.74) is 1.70. The molecule has 5 aliphatic rings. The lowest BCUT2D eigenvalue weighted by atomic mass is 9.47. The summed E-state index contributed by atoms with van der Waals surface area (Å²) in [5.74, 6) is 2.21. The maximum absolute atomic E-state index is 13.2. The molecular weight excluding hydrogens is 501 g/mol. The van der Waals surface area contributed by atoms with Crippen LogP contribution in [0.3, 0.4) is 0 Å².